The quantitative estimate of drug-likeness (QED) is 0.794. The molecule has 5 heteroatoms. The van der Waals surface area contributed by atoms with Crippen LogP contribution in [-0.4, -0.2) is 35.2 Å². The van der Waals surface area contributed by atoms with Crippen LogP contribution in [0.25, 0.3) is 0 Å². The highest BCUT2D eigenvalue weighted by molar-refractivity contribution is 5.88. The van der Waals surface area contributed by atoms with Gasteiger partial charge in [0.05, 0.1) is 17.6 Å². The highest BCUT2D eigenvalue weighted by Gasteiger charge is 2.54. The van der Waals surface area contributed by atoms with Gasteiger partial charge in [-0.25, -0.2) is 4.79 Å². The van der Waals surface area contributed by atoms with Gasteiger partial charge in [-0.05, 0) is 38.5 Å². The minimum absolute atomic E-state index is 0.0500. The molecule has 3 unspecified atom stereocenters. The Kier molecular flexibility index (Phi) is 3.85. The lowest BCUT2D eigenvalue weighted by atomic mass is 9.74. The number of carbonyl (C=O) groups excluding carboxylic acids is 1. The lowest BCUT2D eigenvalue weighted by Crippen LogP contribution is -2.51. The van der Waals surface area contributed by atoms with E-state index in [0.717, 1.165) is 12.8 Å². The maximum absolute atomic E-state index is 12.4. The van der Waals surface area contributed by atoms with Crippen molar-refractivity contribution in [3.05, 3.63) is 0 Å². The summed E-state index contributed by atoms with van der Waals surface area (Å²) in [4.78, 5) is 23.6. The average Bonchev–Trinajstić information content (AvgIpc) is 2.87. The van der Waals surface area contributed by atoms with Gasteiger partial charge in [0.1, 0.15) is 6.04 Å². The molecule has 0 aromatic heterocycles. The second kappa shape index (κ2) is 5.12. The molecule has 19 heavy (non-hydrogen) atoms. The standard InChI is InChI=1S/C14H23NO4/c1-8(2)6-10(12(16)17)15-13(18)14(3)7-9-4-5-11(14)19-9/h8-11H,4-7H2,1-3H3,(H,15,18)(H,16,17)/t9?,10-,11?,14?/m1/s1. The average molecular weight is 269 g/mol. The summed E-state index contributed by atoms with van der Waals surface area (Å²) in [5, 5.41) is 11.9. The Morgan fingerprint density at radius 1 is 1.42 bits per heavy atom. The summed E-state index contributed by atoms with van der Waals surface area (Å²) in [6.07, 6.45) is 3.20. The van der Waals surface area contributed by atoms with Gasteiger partial charge >= 0.3 is 5.97 Å². The van der Waals surface area contributed by atoms with Crippen LogP contribution < -0.4 is 5.32 Å². The smallest absolute Gasteiger partial charge is 0.326 e. The molecule has 0 spiro atoms. The lowest BCUT2D eigenvalue weighted by molar-refractivity contribution is -0.145. The van der Waals surface area contributed by atoms with Crippen LogP contribution in [0.5, 0.6) is 0 Å². The maximum Gasteiger partial charge on any atom is 0.326 e. The van der Waals surface area contributed by atoms with Crippen molar-refractivity contribution in [1.29, 1.82) is 0 Å². The first kappa shape index (κ1) is 14.3. The summed E-state index contributed by atoms with van der Waals surface area (Å²) in [5.41, 5.74) is -0.562. The molecule has 0 aromatic carbocycles. The molecule has 108 valence electrons. The second-order valence-corrected chi connectivity index (χ2v) is 6.44. The van der Waals surface area contributed by atoms with Gasteiger partial charge in [0.2, 0.25) is 5.91 Å². The third-order valence-corrected chi connectivity index (χ3v) is 4.30. The molecule has 0 aliphatic carbocycles. The maximum atomic E-state index is 12.4. The molecular weight excluding hydrogens is 246 g/mol. The van der Waals surface area contributed by atoms with Gasteiger partial charge in [-0.15, -0.1) is 0 Å². The molecule has 2 bridgehead atoms. The van der Waals surface area contributed by atoms with Gasteiger partial charge < -0.3 is 15.2 Å². The van der Waals surface area contributed by atoms with E-state index in [0.29, 0.717) is 12.8 Å². The summed E-state index contributed by atoms with van der Waals surface area (Å²) < 4.78 is 5.72. The number of ether oxygens (including phenoxy) is 1. The van der Waals surface area contributed by atoms with Crippen LogP contribution in [0.3, 0.4) is 0 Å². The van der Waals surface area contributed by atoms with Gasteiger partial charge in [-0.3, -0.25) is 4.79 Å². The molecule has 1 amide bonds. The minimum Gasteiger partial charge on any atom is -0.480 e. The molecule has 2 aliphatic rings. The number of carboxylic acids is 1. The zero-order valence-electron chi connectivity index (χ0n) is 11.8. The fraction of sp³-hybridized carbons (Fsp3) is 0.857. The number of carboxylic acid groups (broad SMARTS) is 1. The highest BCUT2D eigenvalue weighted by atomic mass is 16.5. The van der Waals surface area contributed by atoms with Crippen molar-refractivity contribution in [1.82, 2.24) is 5.32 Å². The Morgan fingerprint density at radius 2 is 2.11 bits per heavy atom. The normalized spacial score (nSPS) is 34.5. The lowest BCUT2D eigenvalue weighted by Gasteiger charge is -2.31. The molecule has 0 radical (unpaired) electrons. The number of amides is 1. The van der Waals surface area contributed by atoms with E-state index in [-0.39, 0.29) is 24.0 Å². The van der Waals surface area contributed by atoms with E-state index >= 15 is 0 Å². The summed E-state index contributed by atoms with van der Waals surface area (Å²) in [5.74, 6) is -0.909. The molecule has 2 heterocycles. The van der Waals surface area contributed by atoms with Crippen molar-refractivity contribution in [2.45, 2.75) is 64.7 Å². The van der Waals surface area contributed by atoms with Gasteiger partial charge in [-0.2, -0.15) is 0 Å². The number of fused-ring (bicyclic) bond motifs is 2. The van der Waals surface area contributed by atoms with Gasteiger partial charge in [0, 0.05) is 0 Å². The minimum atomic E-state index is -0.963. The molecule has 2 N–H and O–H groups in total. The van der Waals surface area contributed by atoms with E-state index in [1.165, 1.54) is 0 Å². The molecule has 2 saturated heterocycles. The molecule has 4 atom stereocenters. The van der Waals surface area contributed by atoms with Gasteiger partial charge in [0.25, 0.3) is 0 Å². The van der Waals surface area contributed by atoms with Crippen molar-refractivity contribution >= 4 is 11.9 Å². The third kappa shape index (κ3) is 2.76. The first-order chi connectivity index (χ1) is 8.83. The van der Waals surface area contributed by atoms with Crippen molar-refractivity contribution in [2.75, 3.05) is 0 Å². The van der Waals surface area contributed by atoms with Crippen LogP contribution in [0.15, 0.2) is 0 Å². The van der Waals surface area contributed by atoms with Crippen LogP contribution in [0, 0.1) is 11.3 Å². The zero-order chi connectivity index (χ0) is 14.2. The van der Waals surface area contributed by atoms with Crippen LogP contribution >= 0.6 is 0 Å². The molecule has 0 aromatic rings. The zero-order valence-corrected chi connectivity index (χ0v) is 11.8. The molecule has 2 fully saturated rings. The van der Waals surface area contributed by atoms with E-state index in [1.54, 1.807) is 0 Å². The van der Waals surface area contributed by atoms with E-state index in [2.05, 4.69) is 5.32 Å². The number of hydrogen-bond donors (Lipinski definition) is 2. The first-order valence-electron chi connectivity index (χ1n) is 7.02. The van der Waals surface area contributed by atoms with E-state index in [1.807, 2.05) is 20.8 Å². The SMILES string of the molecule is CC(C)C[C@@H](NC(=O)C1(C)CC2CCC1O2)C(=O)O. The third-order valence-electron chi connectivity index (χ3n) is 4.30. The summed E-state index contributed by atoms with van der Waals surface area (Å²) in [6, 6.07) is -0.802. The largest absolute Gasteiger partial charge is 0.480 e. The first-order valence-corrected chi connectivity index (χ1v) is 7.02. The summed E-state index contributed by atoms with van der Waals surface area (Å²) in [6.45, 7) is 5.79. The monoisotopic (exact) mass is 269 g/mol. The van der Waals surface area contributed by atoms with Crippen LogP contribution in [0.1, 0.15) is 46.5 Å². The van der Waals surface area contributed by atoms with Crippen LogP contribution in [-0.2, 0) is 14.3 Å². The topological polar surface area (TPSA) is 75.6 Å². The Bertz CT molecular complexity index is 382. The van der Waals surface area contributed by atoms with E-state index in [9.17, 15) is 14.7 Å². The van der Waals surface area contributed by atoms with Gasteiger partial charge in [0.15, 0.2) is 0 Å². The molecular formula is C14H23NO4. The summed E-state index contributed by atoms with van der Waals surface area (Å²) in [7, 11) is 0. The Balaban J connectivity index is 2.01. The Hall–Kier alpha value is -1.10. The molecule has 5 nitrogen and oxygen atoms in total. The van der Waals surface area contributed by atoms with Crippen molar-refractivity contribution < 1.29 is 19.4 Å². The fourth-order valence-corrected chi connectivity index (χ4v) is 3.18. The number of carbonyl (C=O) groups is 2. The fourth-order valence-electron chi connectivity index (χ4n) is 3.18. The van der Waals surface area contributed by atoms with E-state index < -0.39 is 17.4 Å². The highest BCUT2D eigenvalue weighted by Crippen LogP contribution is 2.47. The van der Waals surface area contributed by atoms with Crippen LogP contribution in [0.4, 0.5) is 0 Å². The molecule has 0 saturated carbocycles. The molecule has 2 rings (SSSR count). The van der Waals surface area contributed by atoms with Crippen LogP contribution in [0.2, 0.25) is 0 Å². The second-order valence-electron chi connectivity index (χ2n) is 6.44. The number of aliphatic carboxylic acids is 1. The van der Waals surface area contributed by atoms with E-state index in [4.69, 9.17) is 4.74 Å². The predicted molar refractivity (Wildman–Crippen MR) is 69.6 cm³/mol. The number of rotatable bonds is 5. The van der Waals surface area contributed by atoms with Crippen molar-refractivity contribution in [3.8, 4) is 0 Å². The van der Waals surface area contributed by atoms with Crippen molar-refractivity contribution in [2.24, 2.45) is 11.3 Å². The Morgan fingerprint density at radius 3 is 2.53 bits per heavy atom. The predicted octanol–water partition coefficient (Wildman–Crippen LogP) is 1.56. The van der Waals surface area contributed by atoms with Crippen molar-refractivity contribution in [3.63, 3.8) is 0 Å². The number of hydrogen-bond acceptors (Lipinski definition) is 3. The summed E-state index contributed by atoms with van der Waals surface area (Å²) >= 11 is 0. The Labute approximate surface area is 113 Å². The molecule has 2 aliphatic heterocycles. The number of nitrogens with one attached hydrogen (secondary N) is 1. The van der Waals surface area contributed by atoms with Gasteiger partial charge in [-0.1, -0.05) is 13.8 Å².